The summed E-state index contributed by atoms with van der Waals surface area (Å²) in [5.74, 6) is 0. The van der Waals surface area contributed by atoms with Crippen LogP contribution in [0.3, 0.4) is 0 Å². The molecule has 0 saturated carbocycles. The average Bonchev–Trinajstić information content (AvgIpc) is 2.41. The predicted molar refractivity (Wildman–Crippen MR) is 75.3 cm³/mol. The van der Waals surface area contributed by atoms with Crippen LogP contribution in [-0.2, 0) is 16.1 Å². The molecule has 1 fully saturated rings. The summed E-state index contributed by atoms with van der Waals surface area (Å²) in [6, 6.07) is 10.3. The molecular formula is C14H22NO2S+. The maximum Gasteiger partial charge on any atom is 0.101 e. The Morgan fingerprint density at radius 1 is 1.22 bits per heavy atom. The molecule has 4 heteroatoms. The first-order valence-corrected chi connectivity index (χ1v) is 7.07. The highest BCUT2D eigenvalue weighted by Crippen LogP contribution is 2.02. The van der Waals surface area contributed by atoms with Crippen molar-refractivity contribution < 1.29 is 14.4 Å². The van der Waals surface area contributed by atoms with E-state index in [2.05, 4.69) is 24.8 Å². The summed E-state index contributed by atoms with van der Waals surface area (Å²) in [6.45, 7) is 6.38. The van der Waals surface area contributed by atoms with Crippen LogP contribution >= 0.6 is 12.6 Å². The topological polar surface area (TPSA) is 22.9 Å². The largest absolute Gasteiger partial charge is 0.375 e. The number of thiol groups is 1. The summed E-state index contributed by atoms with van der Waals surface area (Å²) in [5, 5.41) is 0.307. The second-order valence-electron chi connectivity index (χ2n) is 4.72. The second-order valence-corrected chi connectivity index (χ2v) is 5.45. The Bertz CT molecular complexity index is 328. The second kappa shape index (κ2) is 7.79. The van der Waals surface area contributed by atoms with Gasteiger partial charge >= 0.3 is 0 Å². The van der Waals surface area contributed by atoms with Crippen LogP contribution in [0.5, 0.6) is 0 Å². The monoisotopic (exact) mass is 268 g/mol. The molecule has 1 aromatic carbocycles. The molecule has 18 heavy (non-hydrogen) atoms. The molecule has 100 valence electrons. The SMILES string of the molecule is S[C@H](COCc1ccccc1)C[NH+]1CCOCC1. The van der Waals surface area contributed by atoms with Crippen molar-refractivity contribution >= 4 is 12.6 Å². The van der Waals surface area contributed by atoms with Gasteiger partial charge in [0.05, 0.1) is 38.2 Å². The van der Waals surface area contributed by atoms with Gasteiger partial charge in [0.2, 0.25) is 0 Å². The molecule has 0 unspecified atom stereocenters. The number of benzene rings is 1. The van der Waals surface area contributed by atoms with Crippen LogP contribution in [-0.4, -0.2) is 44.7 Å². The lowest BCUT2D eigenvalue weighted by Gasteiger charge is -2.25. The first-order valence-electron chi connectivity index (χ1n) is 6.55. The molecule has 0 amide bonds. The summed E-state index contributed by atoms with van der Waals surface area (Å²) in [5.41, 5.74) is 1.22. The average molecular weight is 268 g/mol. The van der Waals surface area contributed by atoms with E-state index in [9.17, 15) is 0 Å². The minimum Gasteiger partial charge on any atom is -0.375 e. The van der Waals surface area contributed by atoms with E-state index in [1.165, 1.54) is 5.56 Å². The van der Waals surface area contributed by atoms with E-state index in [1.54, 1.807) is 4.90 Å². The van der Waals surface area contributed by atoms with Gasteiger partial charge < -0.3 is 14.4 Å². The van der Waals surface area contributed by atoms with Crippen LogP contribution < -0.4 is 4.90 Å². The van der Waals surface area contributed by atoms with E-state index in [1.807, 2.05) is 18.2 Å². The standard InChI is InChI=1S/C14H21NO2S/c18-14(10-15-6-8-16-9-7-15)12-17-11-13-4-2-1-3-5-13/h1-5,14,18H,6-12H2/p+1/t14-/m0/s1. The number of nitrogens with one attached hydrogen (secondary N) is 1. The van der Waals surface area contributed by atoms with Crippen LogP contribution in [0.25, 0.3) is 0 Å². The van der Waals surface area contributed by atoms with Crippen molar-refractivity contribution in [2.45, 2.75) is 11.9 Å². The minimum absolute atomic E-state index is 0.307. The zero-order valence-electron chi connectivity index (χ0n) is 10.7. The third kappa shape index (κ3) is 4.98. The summed E-state index contributed by atoms with van der Waals surface area (Å²) >= 11 is 4.60. The third-order valence-electron chi connectivity index (χ3n) is 3.15. The first-order chi connectivity index (χ1) is 8.84. The van der Waals surface area contributed by atoms with E-state index in [4.69, 9.17) is 9.47 Å². The van der Waals surface area contributed by atoms with Crippen molar-refractivity contribution in [2.75, 3.05) is 39.5 Å². The van der Waals surface area contributed by atoms with E-state index >= 15 is 0 Å². The zero-order chi connectivity index (χ0) is 12.6. The van der Waals surface area contributed by atoms with Gasteiger partial charge in [-0.2, -0.15) is 12.6 Å². The van der Waals surface area contributed by atoms with Gasteiger partial charge in [-0.3, -0.25) is 0 Å². The number of morpholine rings is 1. The fourth-order valence-electron chi connectivity index (χ4n) is 2.14. The molecule has 1 aliphatic heterocycles. The highest BCUT2D eigenvalue weighted by molar-refractivity contribution is 7.81. The Morgan fingerprint density at radius 3 is 2.67 bits per heavy atom. The Morgan fingerprint density at radius 2 is 1.94 bits per heavy atom. The molecule has 1 aromatic rings. The Balaban J connectivity index is 1.61. The molecule has 1 atom stereocenters. The molecular weight excluding hydrogens is 246 g/mol. The van der Waals surface area contributed by atoms with Crippen LogP contribution in [0.4, 0.5) is 0 Å². The third-order valence-corrected chi connectivity index (χ3v) is 3.48. The smallest absolute Gasteiger partial charge is 0.101 e. The van der Waals surface area contributed by atoms with Crippen molar-refractivity contribution in [3.05, 3.63) is 35.9 Å². The maximum absolute atomic E-state index is 5.70. The van der Waals surface area contributed by atoms with Crippen molar-refractivity contribution in [3.63, 3.8) is 0 Å². The Labute approximate surface area is 114 Å². The number of rotatable bonds is 6. The molecule has 2 rings (SSSR count). The maximum atomic E-state index is 5.70. The van der Waals surface area contributed by atoms with Crippen molar-refractivity contribution in [2.24, 2.45) is 0 Å². The lowest BCUT2D eigenvalue weighted by molar-refractivity contribution is -0.907. The molecule has 1 aliphatic rings. The van der Waals surface area contributed by atoms with Gasteiger partial charge in [0.25, 0.3) is 0 Å². The molecule has 1 heterocycles. The van der Waals surface area contributed by atoms with E-state index < -0.39 is 0 Å². The molecule has 0 bridgehead atoms. The highest BCUT2D eigenvalue weighted by Gasteiger charge is 2.17. The predicted octanol–water partition coefficient (Wildman–Crippen LogP) is 0.417. The summed E-state index contributed by atoms with van der Waals surface area (Å²) < 4.78 is 11.0. The normalized spacial score (nSPS) is 18.7. The molecule has 0 aliphatic carbocycles. The lowest BCUT2D eigenvalue weighted by Crippen LogP contribution is -3.15. The summed E-state index contributed by atoms with van der Waals surface area (Å²) in [7, 11) is 0. The lowest BCUT2D eigenvalue weighted by atomic mass is 10.2. The Kier molecular flexibility index (Phi) is 6.00. The molecule has 0 spiro atoms. The van der Waals surface area contributed by atoms with Crippen LogP contribution in [0.2, 0.25) is 0 Å². The van der Waals surface area contributed by atoms with Gasteiger partial charge in [-0.05, 0) is 5.56 Å². The molecule has 3 nitrogen and oxygen atoms in total. The van der Waals surface area contributed by atoms with Crippen LogP contribution in [0.1, 0.15) is 5.56 Å². The summed E-state index contributed by atoms with van der Waals surface area (Å²) in [6.07, 6.45) is 0. The van der Waals surface area contributed by atoms with Crippen LogP contribution in [0.15, 0.2) is 30.3 Å². The summed E-state index contributed by atoms with van der Waals surface area (Å²) in [4.78, 5) is 1.57. The van der Waals surface area contributed by atoms with E-state index in [-0.39, 0.29) is 0 Å². The van der Waals surface area contributed by atoms with E-state index in [0.717, 1.165) is 32.8 Å². The number of hydrogen-bond donors (Lipinski definition) is 2. The fourth-order valence-corrected chi connectivity index (χ4v) is 2.51. The number of quaternary nitrogens is 1. The Hall–Kier alpha value is -0.550. The molecule has 0 radical (unpaired) electrons. The minimum atomic E-state index is 0.307. The van der Waals surface area contributed by atoms with Crippen LogP contribution in [0, 0.1) is 0 Å². The molecule has 1 N–H and O–H groups in total. The fraction of sp³-hybridized carbons (Fsp3) is 0.571. The first kappa shape index (κ1) is 13.9. The van der Waals surface area contributed by atoms with E-state index in [0.29, 0.717) is 18.5 Å². The van der Waals surface area contributed by atoms with Gasteiger partial charge in [0, 0.05) is 0 Å². The molecule has 1 saturated heterocycles. The van der Waals surface area contributed by atoms with Crippen molar-refractivity contribution in [1.29, 1.82) is 0 Å². The number of hydrogen-bond acceptors (Lipinski definition) is 3. The highest BCUT2D eigenvalue weighted by atomic mass is 32.1. The zero-order valence-corrected chi connectivity index (χ0v) is 11.6. The van der Waals surface area contributed by atoms with Gasteiger partial charge in [-0.15, -0.1) is 0 Å². The quantitative estimate of drug-likeness (QED) is 0.730. The van der Waals surface area contributed by atoms with Crippen molar-refractivity contribution in [1.82, 2.24) is 0 Å². The van der Waals surface area contributed by atoms with Gasteiger partial charge in [-0.25, -0.2) is 0 Å². The molecule has 0 aromatic heterocycles. The number of ether oxygens (including phenoxy) is 2. The van der Waals surface area contributed by atoms with Crippen molar-refractivity contribution in [3.8, 4) is 0 Å². The van der Waals surface area contributed by atoms with Gasteiger partial charge in [-0.1, -0.05) is 30.3 Å². The van der Waals surface area contributed by atoms with Gasteiger partial charge in [0.15, 0.2) is 0 Å². The van der Waals surface area contributed by atoms with Gasteiger partial charge in [0.1, 0.15) is 13.1 Å².